The van der Waals surface area contributed by atoms with Crippen LogP contribution in [-0.2, 0) is 0 Å². The molecule has 2 saturated carbocycles. The van der Waals surface area contributed by atoms with E-state index in [0.29, 0.717) is 24.0 Å². The minimum absolute atomic E-state index is 0.422. The van der Waals surface area contributed by atoms with Crippen LogP contribution < -0.4 is 0 Å². The summed E-state index contributed by atoms with van der Waals surface area (Å²) in [6, 6.07) is 0. The molecule has 0 spiro atoms. The van der Waals surface area contributed by atoms with Crippen molar-refractivity contribution in [3.05, 3.63) is 69.3 Å². The second-order valence-corrected chi connectivity index (χ2v) is 8.61. The summed E-state index contributed by atoms with van der Waals surface area (Å²) in [7, 11) is 0. The second kappa shape index (κ2) is 8.55. The van der Waals surface area contributed by atoms with Gasteiger partial charge in [-0.1, -0.05) is 24.3 Å². The molecule has 6 nitrogen and oxygen atoms in total. The number of hydrogen-bond acceptors (Lipinski definition) is 6. The monoisotopic (exact) mass is 414 g/mol. The Hall–Kier alpha value is -2.12. The Bertz CT molecular complexity index is 827. The van der Waals surface area contributed by atoms with Crippen molar-refractivity contribution in [3.8, 4) is 0 Å². The lowest BCUT2D eigenvalue weighted by atomic mass is 9.90. The summed E-state index contributed by atoms with van der Waals surface area (Å²) in [6.07, 6.45) is 7.23. The molecule has 30 heavy (non-hydrogen) atoms. The van der Waals surface area contributed by atoms with Crippen molar-refractivity contribution < 1.29 is 30.6 Å². The van der Waals surface area contributed by atoms with Crippen LogP contribution in [0.3, 0.4) is 0 Å². The molecule has 4 aliphatic rings. The van der Waals surface area contributed by atoms with Crippen molar-refractivity contribution in [2.45, 2.75) is 75.8 Å². The molecular formula is C24H30O6. The molecule has 4 aliphatic carbocycles. The topological polar surface area (TPSA) is 121 Å². The molecule has 0 amide bonds. The van der Waals surface area contributed by atoms with Crippen molar-refractivity contribution >= 4 is 0 Å². The first-order valence-corrected chi connectivity index (χ1v) is 10.7. The van der Waals surface area contributed by atoms with Crippen LogP contribution in [0.1, 0.15) is 51.4 Å². The fourth-order valence-corrected chi connectivity index (χ4v) is 4.82. The lowest BCUT2D eigenvalue weighted by Gasteiger charge is -2.28. The van der Waals surface area contributed by atoms with Crippen molar-refractivity contribution in [2.75, 3.05) is 0 Å². The molecule has 0 aliphatic heterocycles. The van der Waals surface area contributed by atoms with E-state index in [9.17, 15) is 30.6 Å². The standard InChI is InChI=1S/C24H30O6/c25-19(17-9-7-13-3-1-5-15(13)11-17)21(27)23(29)24(30)22(28)20(26)18-10-8-14-4-2-6-16(14)12-18/h7-8,11-12,21-30H,1-6,9-10H2/t21-,22+,23-,24-/m1/s1. The molecule has 162 valence electrons. The number of aliphatic hydroxyl groups is 6. The second-order valence-electron chi connectivity index (χ2n) is 8.61. The van der Waals surface area contributed by atoms with Crippen LogP contribution >= 0.6 is 0 Å². The molecule has 6 N–H and O–H groups in total. The molecule has 0 bridgehead atoms. The van der Waals surface area contributed by atoms with Gasteiger partial charge in [0.1, 0.15) is 35.9 Å². The zero-order chi connectivity index (χ0) is 21.4. The Morgan fingerprint density at radius 1 is 0.600 bits per heavy atom. The highest BCUT2D eigenvalue weighted by atomic mass is 16.4. The van der Waals surface area contributed by atoms with E-state index in [0.717, 1.165) is 49.7 Å². The van der Waals surface area contributed by atoms with Crippen molar-refractivity contribution in [2.24, 2.45) is 0 Å². The van der Waals surface area contributed by atoms with E-state index < -0.39 is 35.9 Å². The first kappa shape index (κ1) is 21.1. The average Bonchev–Trinajstić information content (AvgIpc) is 3.43. The van der Waals surface area contributed by atoms with Gasteiger partial charge in [-0.05, 0) is 84.8 Å². The molecule has 0 unspecified atom stereocenters. The maximum absolute atomic E-state index is 10.5. The molecule has 0 aromatic rings. The van der Waals surface area contributed by atoms with Crippen molar-refractivity contribution in [3.63, 3.8) is 0 Å². The van der Waals surface area contributed by atoms with Crippen LogP contribution in [0.4, 0.5) is 0 Å². The Balaban J connectivity index is 1.48. The molecule has 4 atom stereocenters. The van der Waals surface area contributed by atoms with Gasteiger partial charge < -0.3 is 30.6 Å². The quantitative estimate of drug-likeness (QED) is 0.385. The summed E-state index contributed by atoms with van der Waals surface area (Å²) in [5.74, 6) is -0.845. The number of allylic oxidation sites excluding steroid dienone is 10. The third-order valence-electron chi connectivity index (χ3n) is 6.66. The summed E-state index contributed by atoms with van der Waals surface area (Å²) in [5.41, 5.74) is 5.74. The highest BCUT2D eigenvalue weighted by molar-refractivity contribution is 5.48. The zero-order valence-electron chi connectivity index (χ0n) is 17.0. The van der Waals surface area contributed by atoms with Crippen LogP contribution in [0.2, 0.25) is 0 Å². The molecule has 4 rings (SSSR count). The van der Waals surface area contributed by atoms with Gasteiger partial charge in [0.15, 0.2) is 0 Å². The van der Waals surface area contributed by atoms with E-state index >= 15 is 0 Å². The predicted octanol–water partition coefficient (Wildman–Crippen LogP) is 2.94. The average molecular weight is 414 g/mol. The predicted molar refractivity (Wildman–Crippen MR) is 113 cm³/mol. The van der Waals surface area contributed by atoms with Gasteiger partial charge >= 0.3 is 0 Å². The van der Waals surface area contributed by atoms with Crippen molar-refractivity contribution in [1.82, 2.24) is 0 Å². The number of rotatable bonds is 5. The lowest BCUT2D eigenvalue weighted by molar-refractivity contribution is -0.101. The van der Waals surface area contributed by atoms with Gasteiger partial charge in [-0.15, -0.1) is 0 Å². The Labute approximate surface area is 176 Å². The molecule has 0 aromatic carbocycles. The highest BCUT2D eigenvalue weighted by Gasteiger charge is 2.36. The van der Waals surface area contributed by atoms with Crippen LogP contribution in [0.5, 0.6) is 0 Å². The molecule has 0 heterocycles. The van der Waals surface area contributed by atoms with Crippen LogP contribution in [0.25, 0.3) is 0 Å². The summed E-state index contributed by atoms with van der Waals surface area (Å²) < 4.78 is 0. The van der Waals surface area contributed by atoms with Crippen LogP contribution in [0.15, 0.2) is 69.3 Å². The van der Waals surface area contributed by atoms with Gasteiger partial charge in [0.05, 0.1) is 0 Å². The Kier molecular flexibility index (Phi) is 6.02. The Morgan fingerprint density at radius 2 is 0.967 bits per heavy atom. The number of aliphatic hydroxyl groups excluding tert-OH is 6. The minimum Gasteiger partial charge on any atom is -0.509 e. The van der Waals surface area contributed by atoms with E-state index in [1.807, 2.05) is 24.3 Å². The Morgan fingerprint density at radius 3 is 1.37 bits per heavy atom. The molecule has 0 saturated heterocycles. The van der Waals surface area contributed by atoms with E-state index in [4.69, 9.17) is 0 Å². The normalized spacial score (nSPS) is 28.3. The summed E-state index contributed by atoms with van der Waals surface area (Å²) in [4.78, 5) is 0. The maximum Gasteiger partial charge on any atom is 0.139 e. The van der Waals surface area contributed by atoms with Crippen LogP contribution in [0, 0.1) is 0 Å². The number of hydrogen-bond donors (Lipinski definition) is 6. The van der Waals surface area contributed by atoms with E-state index in [-0.39, 0.29) is 0 Å². The largest absolute Gasteiger partial charge is 0.509 e. The molecule has 0 radical (unpaired) electrons. The zero-order valence-corrected chi connectivity index (χ0v) is 17.0. The third kappa shape index (κ3) is 3.93. The van der Waals surface area contributed by atoms with Gasteiger partial charge in [0, 0.05) is 0 Å². The first-order valence-electron chi connectivity index (χ1n) is 10.7. The van der Waals surface area contributed by atoms with E-state index in [2.05, 4.69) is 0 Å². The third-order valence-corrected chi connectivity index (χ3v) is 6.66. The van der Waals surface area contributed by atoms with Gasteiger partial charge in [0.25, 0.3) is 0 Å². The molecule has 0 aromatic heterocycles. The van der Waals surface area contributed by atoms with Crippen molar-refractivity contribution in [1.29, 1.82) is 0 Å². The molecular weight excluding hydrogens is 384 g/mol. The van der Waals surface area contributed by atoms with Gasteiger partial charge in [-0.3, -0.25) is 0 Å². The van der Waals surface area contributed by atoms with Gasteiger partial charge in [0.2, 0.25) is 0 Å². The fourth-order valence-electron chi connectivity index (χ4n) is 4.82. The number of fused-ring (bicyclic) bond motifs is 2. The molecule has 6 heteroatoms. The summed E-state index contributed by atoms with van der Waals surface area (Å²) >= 11 is 0. The lowest BCUT2D eigenvalue weighted by Crippen LogP contribution is -2.46. The highest BCUT2D eigenvalue weighted by Crippen LogP contribution is 2.38. The maximum atomic E-state index is 10.5. The van der Waals surface area contributed by atoms with Gasteiger partial charge in [-0.25, -0.2) is 0 Å². The minimum atomic E-state index is -1.86. The van der Waals surface area contributed by atoms with E-state index in [1.165, 1.54) is 11.1 Å². The SMILES string of the molecule is OC(=C1C=C2CCCC2=CC1)[C@@H](O)[C@@H](O)[C@H](O)[C@@H](O)C(O)=C1C=C2CCCC2=CC1. The molecule has 2 fully saturated rings. The fraction of sp³-hybridized carbons (Fsp3) is 0.500. The first-order chi connectivity index (χ1) is 14.4. The van der Waals surface area contributed by atoms with E-state index in [1.54, 1.807) is 0 Å². The summed E-state index contributed by atoms with van der Waals surface area (Å²) in [5, 5.41) is 62.5. The summed E-state index contributed by atoms with van der Waals surface area (Å²) in [6.45, 7) is 0. The van der Waals surface area contributed by atoms with Crippen LogP contribution in [-0.4, -0.2) is 55.1 Å². The van der Waals surface area contributed by atoms with Gasteiger partial charge in [-0.2, -0.15) is 0 Å². The smallest absolute Gasteiger partial charge is 0.139 e.